The number of nitrogens with one attached hydrogen (secondary N) is 2. The summed E-state index contributed by atoms with van der Waals surface area (Å²) in [5.41, 5.74) is 17.1. The van der Waals surface area contributed by atoms with E-state index in [0.29, 0.717) is 24.6 Å². The normalized spacial score (nSPS) is 46.6. The Hall–Kier alpha value is -2.43. The summed E-state index contributed by atoms with van der Waals surface area (Å²) in [4.78, 5) is 19.5. The number of aliphatic imine (C=N–C) groups is 1. The molecule has 1 unspecified atom stereocenters. The fourth-order valence-electron chi connectivity index (χ4n) is 6.77. The lowest BCUT2D eigenvalue weighted by Gasteiger charge is -2.51. The van der Waals surface area contributed by atoms with Crippen LogP contribution in [0, 0.1) is 17.8 Å². The third kappa shape index (κ3) is 1.69. The number of carbonyl (C=O) groups excluding carboxylic acids is 1. The Morgan fingerprint density at radius 1 is 1.41 bits per heavy atom. The molecule has 1 saturated heterocycles. The van der Waals surface area contributed by atoms with Crippen molar-refractivity contribution in [3.8, 4) is 0 Å². The van der Waals surface area contributed by atoms with Gasteiger partial charge >= 0.3 is 0 Å². The Balaban J connectivity index is 1.61. The standard InChI is InChI=1S/C18H23ClN8O2/c19-12-7(5-20)8-6-27-13(28)9-2-1-3-26(9)14-17(27,4-10(21)23-14)11(8)18(12)15(29)24-16(22)25-18/h1-4,7-8,11-12,14-15,23,29H,5-6,20-21H2,(H3,22,24,25)/t7-,8+,11-,12-,14+,15+,17?,18+/m0/s1. The van der Waals surface area contributed by atoms with Gasteiger partial charge in [0.05, 0.1) is 11.2 Å². The molecule has 154 valence electrons. The van der Waals surface area contributed by atoms with Crippen LogP contribution in [0.1, 0.15) is 16.7 Å². The van der Waals surface area contributed by atoms with E-state index in [2.05, 4.69) is 15.6 Å². The SMILES string of the molecule is NC[C@H]1[C@H]2CN3C(=O)c4cccn4[C@H]4NC(N)=CC43[C@H]2[C@@]2(NC(N)=N[C@@H]2O)[C@H]1Cl. The molecule has 1 aromatic rings. The largest absolute Gasteiger partial charge is 0.386 e. The first-order valence-corrected chi connectivity index (χ1v) is 10.2. The van der Waals surface area contributed by atoms with Crippen molar-refractivity contribution in [3.63, 3.8) is 0 Å². The van der Waals surface area contributed by atoms with Crippen molar-refractivity contribution in [2.24, 2.45) is 39.9 Å². The van der Waals surface area contributed by atoms with Crippen molar-refractivity contribution in [2.45, 2.75) is 28.8 Å². The lowest BCUT2D eigenvalue weighted by Crippen LogP contribution is -2.70. The van der Waals surface area contributed by atoms with Gasteiger partial charge in [-0.2, -0.15) is 0 Å². The number of aliphatic hydroxyl groups excluding tert-OH is 1. The van der Waals surface area contributed by atoms with Gasteiger partial charge < -0.3 is 42.4 Å². The summed E-state index contributed by atoms with van der Waals surface area (Å²) in [6, 6.07) is 3.65. The molecule has 1 amide bonds. The van der Waals surface area contributed by atoms with Crippen molar-refractivity contribution in [2.75, 3.05) is 13.1 Å². The second-order valence-corrected chi connectivity index (χ2v) is 9.11. The molecule has 29 heavy (non-hydrogen) atoms. The number of carbonyl (C=O) groups is 1. The van der Waals surface area contributed by atoms with E-state index in [0.717, 1.165) is 0 Å². The first-order chi connectivity index (χ1) is 13.9. The number of guanidine groups is 1. The predicted molar refractivity (Wildman–Crippen MR) is 105 cm³/mol. The average molecular weight is 419 g/mol. The van der Waals surface area contributed by atoms with Crippen LogP contribution in [0.4, 0.5) is 0 Å². The van der Waals surface area contributed by atoms with Crippen LogP contribution in [0.2, 0.25) is 0 Å². The number of rotatable bonds is 1. The Morgan fingerprint density at radius 2 is 2.21 bits per heavy atom. The van der Waals surface area contributed by atoms with E-state index in [-0.39, 0.29) is 35.8 Å². The molecule has 5 aliphatic rings. The van der Waals surface area contributed by atoms with E-state index in [4.69, 9.17) is 28.8 Å². The van der Waals surface area contributed by atoms with Gasteiger partial charge in [0.25, 0.3) is 5.91 Å². The minimum absolute atomic E-state index is 0.0502. The van der Waals surface area contributed by atoms with E-state index in [1.165, 1.54) is 0 Å². The van der Waals surface area contributed by atoms with E-state index in [1.54, 1.807) is 6.07 Å². The zero-order valence-electron chi connectivity index (χ0n) is 15.5. The fourth-order valence-corrected chi connectivity index (χ4v) is 7.36. The topological polar surface area (TPSA) is 160 Å². The van der Waals surface area contributed by atoms with Gasteiger partial charge in [-0.05, 0) is 36.6 Å². The summed E-state index contributed by atoms with van der Waals surface area (Å²) in [5.74, 6) is 0.0564. The minimum Gasteiger partial charge on any atom is -0.386 e. The van der Waals surface area contributed by atoms with Crippen LogP contribution in [0.25, 0.3) is 0 Å². The Kier molecular flexibility index (Phi) is 3.12. The number of aromatic nitrogens is 1. The number of aliphatic hydroxyl groups is 1. The summed E-state index contributed by atoms with van der Waals surface area (Å²) < 4.78 is 1.91. The lowest BCUT2D eigenvalue weighted by molar-refractivity contribution is -0.00392. The van der Waals surface area contributed by atoms with Gasteiger partial charge in [0.15, 0.2) is 12.2 Å². The van der Waals surface area contributed by atoms with Gasteiger partial charge in [0.2, 0.25) is 0 Å². The van der Waals surface area contributed by atoms with Crippen LogP contribution >= 0.6 is 11.6 Å². The van der Waals surface area contributed by atoms with Gasteiger partial charge in [-0.3, -0.25) is 4.79 Å². The number of alkyl halides is 1. The number of amides is 1. The first-order valence-electron chi connectivity index (χ1n) is 9.73. The number of halogens is 1. The second kappa shape index (κ2) is 5.18. The van der Waals surface area contributed by atoms with E-state index in [9.17, 15) is 9.90 Å². The third-order valence-corrected chi connectivity index (χ3v) is 8.32. The molecule has 0 radical (unpaired) electrons. The molecule has 2 fully saturated rings. The van der Waals surface area contributed by atoms with Crippen molar-refractivity contribution >= 4 is 23.5 Å². The van der Waals surface area contributed by atoms with E-state index >= 15 is 0 Å². The number of fused-ring (bicyclic) bond motifs is 4. The van der Waals surface area contributed by atoms with Crippen LogP contribution in [-0.2, 0) is 0 Å². The van der Waals surface area contributed by atoms with Crippen LogP contribution in [-0.4, -0.2) is 62.2 Å². The molecule has 2 spiro atoms. The highest BCUT2D eigenvalue weighted by Crippen LogP contribution is 2.64. The molecule has 1 aromatic heterocycles. The molecule has 10 nitrogen and oxygen atoms in total. The minimum atomic E-state index is -1.15. The molecular formula is C18H23ClN8O2. The predicted octanol–water partition coefficient (Wildman–Crippen LogP) is -2.00. The van der Waals surface area contributed by atoms with Crippen molar-refractivity contribution in [1.82, 2.24) is 20.1 Å². The van der Waals surface area contributed by atoms with Crippen LogP contribution in [0.15, 0.2) is 35.2 Å². The summed E-state index contributed by atoms with van der Waals surface area (Å²) in [6.45, 7) is 0.797. The van der Waals surface area contributed by atoms with Gasteiger partial charge in [0.1, 0.15) is 22.9 Å². The molecule has 0 bridgehead atoms. The molecule has 1 aliphatic carbocycles. The maximum atomic E-state index is 13.5. The van der Waals surface area contributed by atoms with E-state index < -0.39 is 22.7 Å². The molecule has 6 rings (SSSR count). The smallest absolute Gasteiger partial charge is 0.271 e. The van der Waals surface area contributed by atoms with Crippen molar-refractivity contribution in [3.05, 3.63) is 35.9 Å². The van der Waals surface area contributed by atoms with Gasteiger partial charge in [-0.1, -0.05) is 0 Å². The molecular weight excluding hydrogens is 396 g/mol. The van der Waals surface area contributed by atoms with Crippen LogP contribution in [0.5, 0.6) is 0 Å². The Labute approximate surface area is 171 Å². The fraction of sp³-hybridized carbons (Fsp3) is 0.556. The molecule has 5 heterocycles. The van der Waals surface area contributed by atoms with Crippen LogP contribution in [0.3, 0.4) is 0 Å². The third-order valence-electron chi connectivity index (χ3n) is 7.64. The molecule has 11 heteroatoms. The number of hydrogen-bond acceptors (Lipinski definition) is 8. The monoisotopic (exact) mass is 418 g/mol. The number of hydrogen-bond donors (Lipinski definition) is 6. The maximum absolute atomic E-state index is 13.5. The van der Waals surface area contributed by atoms with Gasteiger partial charge in [0, 0.05) is 18.7 Å². The highest BCUT2D eigenvalue weighted by Gasteiger charge is 2.77. The number of nitrogens with two attached hydrogens (primary N) is 3. The first kappa shape index (κ1) is 17.4. The van der Waals surface area contributed by atoms with Crippen molar-refractivity contribution < 1.29 is 9.90 Å². The Morgan fingerprint density at radius 3 is 2.90 bits per heavy atom. The molecule has 1 saturated carbocycles. The molecule has 4 aliphatic heterocycles. The molecule has 0 aromatic carbocycles. The number of nitrogens with zero attached hydrogens (tertiary/aromatic N) is 3. The highest BCUT2D eigenvalue weighted by atomic mass is 35.5. The van der Waals surface area contributed by atoms with Crippen molar-refractivity contribution in [1.29, 1.82) is 0 Å². The zero-order valence-corrected chi connectivity index (χ0v) is 16.3. The van der Waals surface area contributed by atoms with Gasteiger partial charge in [-0.15, -0.1) is 11.6 Å². The quantitative estimate of drug-likeness (QED) is 0.287. The lowest BCUT2D eigenvalue weighted by atomic mass is 9.69. The highest BCUT2D eigenvalue weighted by molar-refractivity contribution is 6.22. The molecule has 8 atom stereocenters. The van der Waals surface area contributed by atoms with E-state index in [1.807, 2.05) is 27.8 Å². The Bertz CT molecular complexity index is 992. The van der Waals surface area contributed by atoms with Gasteiger partial charge in [-0.25, -0.2) is 4.99 Å². The summed E-state index contributed by atoms with van der Waals surface area (Å²) >= 11 is 6.96. The average Bonchev–Trinajstić information content (AvgIpc) is 3.42. The van der Waals surface area contributed by atoms with Crippen LogP contribution < -0.4 is 27.8 Å². The summed E-state index contributed by atoms with van der Waals surface area (Å²) in [6.07, 6.45) is 2.29. The maximum Gasteiger partial charge on any atom is 0.271 e. The zero-order chi connectivity index (χ0) is 20.3. The summed E-state index contributed by atoms with van der Waals surface area (Å²) in [5, 5.41) is 17.0. The summed E-state index contributed by atoms with van der Waals surface area (Å²) in [7, 11) is 0. The second-order valence-electron chi connectivity index (χ2n) is 8.64. The molecule has 9 N–H and O–H groups in total.